The van der Waals surface area contributed by atoms with Crippen LogP contribution in [0.3, 0.4) is 0 Å². The van der Waals surface area contributed by atoms with Gasteiger partial charge in [0.15, 0.2) is 11.9 Å². The number of cyclic esters (lactones) is 1. The average molecular weight is 350 g/mol. The van der Waals surface area contributed by atoms with E-state index >= 15 is 0 Å². The van der Waals surface area contributed by atoms with E-state index in [0.717, 1.165) is 27.9 Å². The normalized spacial score (nSPS) is 38.1. The van der Waals surface area contributed by atoms with Crippen LogP contribution in [0.25, 0.3) is 0 Å². The molecule has 0 radical (unpaired) electrons. The number of Topliss-reactive ketones (excluding diaryl/α,β-unsaturated/α-hetero) is 1. The molecule has 3 aliphatic carbocycles. The van der Waals surface area contributed by atoms with Gasteiger partial charge in [0.25, 0.3) is 0 Å². The van der Waals surface area contributed by atoms with E-state index in [1.54, 1.807) is 0 Å². The Balaban J connectivity index is 1.77. The lowest BCUT2D eigenvalue weighted by Crippen LogP contribution is -2.45. The van der Waals surface area contributed by atoms with Crippen molar-refractivity contribution in [1.29, 1.82) is 0 Å². The molecule has 5 rings (SSSR count). The zero-order chi connectivity index (χ0) is 18.5. The molecular weight excluding hydrogens is 328 g/mol. The number of epoxide rings is 1. The first-order valence-electron chi connectivity index (χ1n) is 9.20. The van der Waals surface area contributed by atoms with Gasteiger partial charge in [-0.3, -0.25) is 4.79 Å². The molecule has 5 aliphatic rings. The second-order valence-corrected chi connectivity index (χ2v) is 8.10. The first-order chi connectivity index (χ1) is 12.3. The lowest BCUT2D eigenvalue weighted by molar-refractivity contribution is -0.141. The van der Waals surface area contributed by atoms with E-state index in [1.165, 1.54) is 11.1 Å². The van der Waals surface area contributed by atoms with Crippen molar-refractivity contribution in [3.8, 4) is 0 Å². The Morgan fingerprint density at radius 2 is 1.77 bits per heavy atom. The molecule has 26 heavy (non-hydrogen) atoms. The summed E-state index contributed by atoms with van der Waals surface area (Å²) in [7, 11) is 0. The Morgan fingerprint density at radius 3 is 2.50 bits per heavy atom. The summed E-state index contributed by atoms with van der Waals surface area (Å²) in [4.78, 5) is 24.6. The van der Waals surface area contributed by atoms with Crippen molar-refractivity contribution in [3.63, 3.8) is 0 Å². The van der Waals surface area contributed by atoms with Crippen LogP contribution in [0, 0.1) is 11.8 Å². The standard InChI is InChI=1S/C22H22O4/c1-9-10(2)17-14(8-16(9)23)6-7-15-18(17)11(3)12(4)19-13(5)25-21(24)20-22(15,19)26-20/h6-7,15,18,20H,8H2,1-5H3. The predicted molar refractivity (Wildman–Crippen MR) is 95.9 cm³/mol. The molecule has 4 heteroatoms. The number of carbonyl (C=O) groups excluding carboxylic acids is 2. The molecule has 4 atom stereocenters. The maximum Gasteiger partial charge on any atom is 0.343 e. The lowest BCUT2D eigenvalue weighted by Gasteiger charge is -2.44. The monoisotopic (exact) mass is 350 g/mol. The Hall–Kier alpha value is -2.20. The molecule has 0 saturated carbocycles. The van der Waals surface area contributed by atoms with Crippen LogP contribution in [0.1, 0.15) is 41.0 Å². The summed E-state index contributed by atoms with van der Waals surface area (Å²) in [5.41, 5.74) is 7.18. The van der Waals surface area contributed by atoms with Crippen molar-refractivity contribution >= 4 is 11.8 Å². The third-order valence-electron chi connectivity index (χ3n) is 7.04. The minimum atomic E-state index is -0.599. The SMILES string of the molecule is CC1=C2C(C)=C(C)C3C4=C(C=CC3C23OC3C(=O)O1)CC(=O)C(C)=C4C. The van der Waals surface area contributed by atoms with E-state index < -0.39 is 11.7 Å². The van der Waals surface area contributed by atoms with Crippen LogP contribution in [0.5, 0.6) is 0 Å². The van der Waals surface area contributed by atoms with E-state index in [1.807, 2.05) is 13.8 Å². The first-order valence-corrected chi connectivity index (χ1v) is 9.20. The maximum absolute atomic E-state index is 12.3. The minimum absolute atomic E-state index is 0.0590. The van der Waals surface area contributed by atoms with E-state index in [4.69, 9.17) is 9.47 Å². The van der Waals surface area contributed by atoms with Crippen LogP contribution in [0.4, 0.5) is 0 Å². The highest BCUT2D eigenvalue weighted by Crippen LogP contribution is 2.64. The van der Waals surface area contributed by atoms with E-state index in [2.05, 4.69) is 32.9 Å². The summed E-state index contributed by atoms with van der Waals surface area (Å²) < 4.78 is 11.5. The number of rotatable bonds is 0. The quantitative estimate of drug-likeness (QED) is 0.494. The average Bonchev–Trinajstić information content (AvgIpc) is 3.33. The summed E-state index contributed by atoms with van der Waals surface area (Å²) in [6, 6.07) is 0. The number of ether oxygens (including phenoxy) is 2. The highest BCUT2D eigenvalue weighted by Gasteiger charge is 2.73. The molecule has 0 aromatic heterocycles. The van der Waals surface area contributed by atoms with Gasteiger partial charge >= 0.3 is 5.97 Å². The Morgan fingerprint density at radius 1 is 1.04 bits per heavy atom. The molecule has 0 aromatic carbocycles. The number of hydrogen-bond acceptors (Lipinski definition) is 4. The molecule has 4 nitrogen and oxygen atoms in total. The second-order valence-electron chi connectivity index (χ2n) is 8.10. The van der Waals surface area contributed by atoms with Crippen molar-refractivity contribution in [1.82, 2.24) is 0 Å². The van der Waals surface area contributed by atoms with Crippen LogP contribution in [0.2, 0.25) is 0 Å². The summed E-state index contributed by atoms with van der Waals surface area (Å²) >= 11 is 0. The van der Waals surface area contributed by atoms with Gasteiger partial charge in [0.2, 0.25) is 0 Å². The Bertz CT molecular complexity index is 968. The van der Waals surface area contributed by atoms with Crippen LogP contribution in [-0.4, -0.2) is 23.5 Å². The molecule has 1 spiro atoms. The van der Waals surface area contributed by atoms with Gasteiger partial charge in [0.05, 0.1) is 0 Å². The van der Waals surface area contributed by atoms with Crippen LogP contribution < -0.4 is 0 Å². The van der Waals surface area contributed by atoms with Gasteiger partial charge in [0, 0.05) is 23.8 Å². The predicted octanol–water partition coefficient (Wildman–Crippen LogP) is 3.71. The molecule has 1 saturated heterocycles. The number of allylic oxidation sites excluding steroid dienone is 7. The highest BCUT2D eigenvalue weighted by atomic mass is 16.7. The van der Waals surface area contributed by atoms with Gasteiger partial charge < -0.3 is 9.47 Å². The zero-order valence-corrected chi connectivity index (χ0v) is 15.7. The largest absolute Gasteiger partial charge is 0.429 e. The van der Waals surface area contributed by atoms with Crippen molar-refractivity contribution in [2.75, 3.05) is 0 Å². The molecule has 0 aromatic rings. The van der Waals surface area contributed by atoms with Crippen molar-refractivity contribution in [2.45, 2.75) is 52.7 Å². The zero-order valence-electron chi connectivity index (χ0n) is 15.7. The molecular formula is C22H22O4. The molecule has 2 aliphatic heterocycles. The van der Waals surface area contributed by atoms with Crippen LogP contribution in [-0.2, 0) is 19.1 Å². The Kier molecular flexibility index (Phi) is 2.92. The number of fused-ring (bicyclic) bond motifs is 2. The molecule has 0 N–H and O–H groups in total. The smallest absolute Gasteiger partial charge is 0.343 e. The minimum Gasteiger partial charge on any atom is -0.429 e. The number of esters is 1. The Labute approximate surface area is 152 Å². The third-order valence-corrected chi connectivity index (χ3v) is 7.04. The van der Waals surface area contributed by atoms with E-state index in [9.17, 15) is 9.59 Å². The van der Waals surface area contributed by atoms with Gasteiger partial charge in [-0.05, 0) is 62.5 Å². The van der Waals surface area contributed by atoms with E-state index in [-0.39, 0.29) is 23.6 Å². The fraction of sp³-hybridized carbons (Fsp3) is 0.455. The molecule has 2 heterocycles. The van der Waals surface area contributed by atoms with Crippen LogP contribution >= 0.6 is 0 Å². The van der Waals surface area contributed by atoms with Gasteiger partial charge in [-0.15, -0.1) is 0 Å². The molecule has 134 valence electrons. The van der Waals surface area contributed by atoms with Crippen molar-refractivity contribution < 1.29 is 19.1 Å². The fourth-order valence-corrected chi connectivity index (χ4v) is 5.53. The molecule has 1 fully saturated rings. The van der Waals surface area contributed by atoms with Crippen molar-refractivity contribution in [3.05, 3.63) is 56.9 Å². The number of carbonyl (C=O) groups is 2. The summed E-state index contributed by atoms with van der Waals surface area (Å²) in [5.74, 6) is 0.784. The fourth-order valence-electron chi connectivity index (χ4n) is 5.53. The van der Waals surface area contributed by atoms with Gasteiger partial charge in [-0.25, -0.2) is 4.79 Å². The molecule has 4 unspecified atom stereocenters. The molecule has 0 bridgehead atoms. The third kappa shape index (κ3) is 1.64. The van der Waals surface area contributed by atoms with Crippen molar-refractivity contribution in [2.24, 2.45) is 11.8 Å². The summed E-state index contributed by atoms with van der Waals surface area (Å²) in [6.45, 7) is 10.1. The maximum atomic E-state index is 12.3. The van der Waals surface area contributed by atoms with Gasteiger partial charge in [-0.2, -0.15) is 0 Å². The summed E-state index contributed by atoms with van der Waals surface area (Å²) in [6.07, 6.45) is 4.19. The summed E-state index contributed by atoms with van der Waals surface area (Å²) in [5, 5.41) is 0. The number of ketones is 1. The van der Waals surface area contributed by atoms with Gasteiger partial charge in [-0.1, -0.05) is 17.7 Å². The molecule has 0 amide bonds. The van der Waals surface area contributed by atoms with E-state index in [0.29, 0.717) is 12.2 Å². The second kappa shape index (κ2) is 4.74. The first kappa shape index (κ1) is 16.0. The lowest BCUT2D eigenvalue weighted by atomic mass is 9.58. The topological polar surface area (TPSA) is 55.9 Å². The van der Waals surface area contributed by atoms with Crippen LogP contribution in [0.15, 0.2) is 56.9 Å². The van der Waals surface area contributed by atoms with Gasteiger partial charge in [0.1, 0.15) is 11.4 Å². The number of hydrogen-bond donors (Lipinski definition) is 0. The highest BCUT2D eigenvalue weighted by molar-refractivity contribution is 6.00.